The van der Waals surface area contributed by atoms with Gasteiger partial charge in [0.2, 0.25) is 0 Å². The first kappa shape index (κ1) is 23.1. The molecule has 2 aliphatic heterocycles. The molecule has 4 heterocycles. The van der Waals surface area contributed by atoms with Gasteiger partial charge in [0.15, 0.2) is 5.96 Å². The monoisotopic (exact) mass is 526 g/mol. The molecule has 2 aromatic rings. The van der Waals surface area contributed by atoms with Gasteiger partial charge >= 0.3 is 0 Å². The lowest BCUT2D eigenvalue weighted by atomic mass is 9.93. The van der Waals surface area contributed by atoms with Crippen LogP contribution in [-0.4, -0.2) is 65.1 Å². The lowest BCUT2D eigenvalue weighted by Crippen LogP contribution is -2.50. The number of furan rings is 1. The maximum Gasteiger partial charge on any atom is 0.193 e. The van der Waals surface area contributed by atoms with Crippen LogP contribution in [0.2, 0.25) is 0 Å². The molecule has 2 aliphatic rings. The minimum absolute atomic E-state index is 0. The molecule has 2 aromatic heterocycles. The molecule has 0 amide bonds. The molecule has 3 atom stereocenters. The first-order valence-corrected chi connectivity index (χ1v) is 10.9. The number of nitrogens with zero attached hydrogens (tertiary/aromatic N) is 5. The van der Waals surface area contributed by atoms with Crippen LogP contribution in [0.5, 0.6) is 0 Å². The third kappa shape index (κ3) is 5.19. The van der Waals surface area contributed by atoms with Crippen LogP contribution < -0.4 is 5.32 Å². The first-order chi connectivity index (χ1) is 14.2. The summed E-state index contributed by atoms with van der Waals surface area (Å²) in [7, 11) is 1.88. The van der Waals surface area contributed by atoms with Gasteiger partial charge in [-0.3, -0.25) is 9.89 Å². The number of imidazole rings is 1. The Morgan fingerprint density at radius 1 is 1.30 bits per heavy atom. The Bertz CT molecular complexity index is 798. The molecule has 7 nitrogen and oxygen atoms in total. The summed E-state index contributed by atoms with van der Waals surface area (Å²) < 4.78 is 8.24. The van der Waals surface area contributed by atoms with Crippen LogP contribution in [0, 0.1) is 12.8 Å². The van der Waals surface area contributed by atoms with Gasteiger partial charge in [0.25, 0.3) is 0 Å². The number of guanidine groups is 1. The minimum atomic E-state index is 0. The van der Waals surface area contributed by atoms with E-state index in [4.69, 9.17) is 4.42 Å². The van der Waals surface area contributed by atoms with Crippen molar-refractivity contribution >= 4 is 29.9 Å². The largest absolute Gasteiger partial charge is 0.465 e. The van der Waals surface area contributed by atoms with E-state index in [1.54, 1.807) is 0 Å². The van der Waals surface area contributed by atoms with Crippen LogP contribution >= 0.6 is 24.0 Å². The molecule has 2 fully saturated rings. The molecule has 0 aliphatic carbocycles. The summed E-state index contributed by atoms with van der Waals surface area (Å²) in [4.78, 5) is 13.8. The molecule has 30 heavy (non-hydrogen) atoms. The second-order valence-corrected chi connectivity index (χ2v) is 8.42. The molecule has 0 aromatic carbocycles. The van der Waals surface area contributed by atoms with E-state index in [1.165, 1.54) is 12.8 Å². The van der Waals surface area contributed by atoms with Crippen LogP contribution in [0.3, 0.4) is 0 Å². The number of likely N-dealkylation sites (tertiary alicyclic amines) is 2. The fourth-order valence-electron chi connectivity index (χ4n) is 4.71. The molecule has 0 spiro atoms. The number of piperidine rings is 1. The highest BCUT2D eigenvalue weighted by Crippen LogP contribution is 2.28. The van der Waals surface area contributed by atoms with Crippen LogP contribution in [0.1, 0.15) is 49.8 Å². The second-order valence-electron chi connectivity index (χ2n) is 8.42. The molecule has 0 radical (unpaired) electrons. The number of aliphatic imine (C=N–C) groups is 1. The van der Waals surface area contributed by atoms with Crippen LogP contribution in [0.15, 0.2) is 40.3 Å². The van der Waals surface area contributed by atoms with Gasteiger partial charge in [-0.15, -0.1) is 24.0 Å². The highest BCUT2D eigenvalue weighted by atomic mass is 127. The number of aromatic nitrogens is 2. The van der Waals surface area contributed by atoms with E-state index in [-0.39, 0.29) is 30.0 Å². The molecule has 166 valence electrons. The lowest BCUT2D eigenvalue weighted by molar-refractivity contribution is 0.183. The summed E-state index contributed by atoms with van der Waals surface area (Å²) in [6, 6.07) is 4.86. The van der Waals surface area contributed by atoms with Crippen molar-refractivity contribution in [3.05, 3.63) is 42.4 Å². The van der Waals surface area contributed by atoms with Gasteiger partial charge in [0, 0.05) is 39.1 Å². The number of halogens is 1. The minimum Gasteiger partial charge on any atom is -0.465 e. The highest BCUT2D eigenvalue weighted by Gasteiger charge is 2.30. The summed E-state index contributed by atoms with van der Waals surface area (Å²) >= 11 is 0. The predicted octanol–water partition coefficient (Wildman–Crippen LogP) is 3.70. The molecule has 3 unspecified atom stereocenters. The number of aryl methyl sites for hydroxylation is 1. The van der Waals surface area contributed by atoms with Gasteiger partial charge in [-0.2, -0.15) is 0 Å². The van der Waals surface area contributed by atoms with Gasteiger partial charge in [0.1, 0.15) is 11.5 Å². The smallest absolute Gasteiger partial charge is 0.193 e. The number of rotatable bonds is 5. The van der Waals surface area contributed by atoms with Crippen LogP contribution in [-0.2, 0) is 0 Å². The summed E-state index contributed by atoms with van der Waals surface area (Å²) in [5, 5.41) is 3.65. The first-order valence-electron chi connectivity index (χ1n) is 10.9. The average molecular weight is 526 g/mol. The van der Waals surface area contributed by atoms with Crippen LogP contribution in [0.25, 0.3) is 0 Å². The van der Waals surface area contributed by atoms with E-state index in [2.05, 4.69) is 54.9 Å². The highest BCUT2D eigenvalue weighted by molar-refractivity contribution is 14.0. The number of hydrogen-bond donors (Lipinski definition) is 1. The van der Waals surface area contributed by atoms with Crippen molar-refractivity contribution in [1.82, 2.24) is 24.7 Å². The van der Waals surface area contributed by atoms with Gasteiger partial charge in [-0.05, 0) is 57.3 Å². The quantitative estimate of drug-likeness (QED) is 0.366. The molecular formula is C22H35IN6O. The Hall–Kier alpha value is -1.55. The maximum absolute atomic E-state index is 6.00. The average Bonchev–Trinajstić information content (AvgIpc) is 3.49. The number of hydrogen-bond acceptors (Lipinski definition) is 4. The standard InChI is InChI=1S/C22H34N6O.HI/c1-17-8-12-27(15-20(17)28-13-9-24-16-28)22(23-3)25-14-19(26-10-4-5-11-26)21-7-6-18(2)29-21;/h6-7,9,13,16-17,19-20H,4-5,8,10-12,14-15H2,1-3H3,(H,23,25);1H. The molecule has 0 bridgehead atoms. The summed E-state index contributed by atoms with van der Waals surface area (Å²) in [6.45, 7) is 9.40. The molecule has 4 rings (SSSR count). The van der Waals surface area contributed by atoms with Crippen molar-refractivity contribution < 1.29 is 4.42 Å². The fourth-order valence-corrected chi connectivity index (χ4v) is 4.71. The summed E-state index contributed by atoms with van der Waals surface area (Å²) in [5.74, 6) is 3.63. The fraction of sp³-hybridized carbons (Fsp3) is 0.636. The Kier molecular flexibility index (Phi) is 8.21. The van der Waals surface area contributed by atoms with Crippen molar-refractivity contribution in [2.75, 3.05) is 39.8 Å². The van der Waals surface area contributed by atoms with Gasteiger partial charge in [-0.1, -0.05) is 6.92 Å². The predicted molar refractivity (Wildman–Crippen MR) is 130 cm³/mol. The van der Waals surface area contributed by atoms with Crippen LogP contribution in [0.4, 0.5) is 0 Å². The molecule has 0 saturated carbocycles. The zero-order valence-corrected chi connectivity index (χ0v) is 20.7. The number of nitrogens with one attached hydrogen (secondary N) is 1. The van der Waals surface area contributed by atoms with Crippen molar-refractivity contribution in [1.29, 1.82) is 0 Å². The Balaban J connectivity index is 0.00000256. The summed E-state index contributed by atoms with van der Waals surface area (Å²) in [6.07, 6.45) is 9.55. The molecule has 8 heteroatoms. The normalized spacial score (nSPS) is 24.0. The van der Waals surface area contributed by atoms with E-state index < -0.39 is 0 Å². The van der Waals surface area contributed by atoms with Crippen molar-refractivity contribution in [3.63, 3.8) is 0 Å². The summed E-state index contributed by atoms with van der Waals surface area (Å²) in [5.41, 5.74) is 0. The van der Waals surface area contributed by atoms with E-state index in [1.807, 2.05) is 26.5 Å². The van der Waals surface area contributed by atoms with E-state index in [9.17, 15) is 0 Å². The van der Waals surface area contributed by atoms with Gasteiger partial charge < -0.3 is 19.2 Å². The third-order valence-electron chi connectivity index (χ3n) is 6.46. The lowest BCUT2D eigenvalue weighted by Gasteiger charge is -2.39. The van der Waals surface area contributed by atoms with E-state index in [0.717, 1.165) is 56.6 Å². The molecule has 1 N–H and O–H groups in total. The van der Waals surface area contributed by atoms with E-state index in [0.29, 0.717) is 12.0 Å². The van der Waals surface area contributed by atoms with Crippen molar-refractivity contribution in [3.8, 4) is 0 Å². The maximum atomic E-state index is 6.00. The molecular weight excluding hydrogens is 491 g/mol. The SMILES string of the molecule is CN=C(NCC(c1ccc(C)o1)N1CCCC1)N1CCC(C)C(n2ccnc2)C1.I. The Morgan fingerprint density at radius 3 is 2.73 bits per heavy atom. The van der Waals surface area contributed by atoms with Crippen molar-refractivity contribution in [2.24, 2.45) is 10.9 Å². The Morgan fingerprint density at radius 2 is 2.10 bits per heavy atom. The second kappa shape index (κ2) is 10.7. The van der Waals surface area contributed by atoms with Gasteiger partial charge in [0.05, 0.1) is 18.4 Å². The zero-order chi connectivity index (χ0) is 20.2. The van der Waals surface area contributed by atoms with Crippen molar-refractivity contribution in [2.45, 2.75) is 45.2 Å². The molecule has 2 saturated heterocycles. The third-order valence-corrected chi connectivity index (χ3v) is 6.46. The van der Waals surface area contributed by atoms with E-state index >= 15 is 0 Å². The Labute approximate surface area is 196 Å². The zero-order valence-electron chi connectivity index (χ0n) is 18.3. The topological polar surface area (TPSA) is 61.8 Å². The van der Waals surface area contributed by atoms with Gasteiger partial charge in [-0.25, -0.2) is 4.98 Å².